The second kappa shape index (κ2) is 5.31. The number of nitrogens with two attached hydrogens (primary N) is 1. The van der Waals surface area contributed by atoms with E-state index in [1.54, 1.807) is 18.2 Å². The van der Waals surface area contributed by atoms with Crippen molar-refractivity contribution in [2.24, 2.45) is 5.84 Å². The number of nitrogens with zero attached hydrogens (tertiary/aromatic N) is 2. The Hall–Kier alpha value is -1.37. The summed E-state index contributed by atoms with van der Waals surface area (Å²) in [6.45, 7) is 0. The van der Waals surface area contributed by atoms with Crippen molar-refractivity contribution in [2.75, 3.05) is 5.43 Å². The molecule has 0 saturated heterocycles. The van der Waals surface area contributed by atoms with Crippen molar-refractivity contribution in [2.45, 2.75) is 0 Å². The Kier molecular flexibility index (Phi) is 3.78. The van der Waals surface area contributed by atoms with Gasteiger partial charge in [-0.2, -0.15) is 4.98 Å². The van der Waals surface area contributed by atoms with Crippen molar-refractivity contribution in [1.82, 2.24) is 9.97 Å². The quantitative estimate of drug-likeness (QED) is 0.673. The lowest BCUT2D eigenvalue weighted by Crippen LogP contribution is -2.09. The maximum atomic E-state index is 5.83. The Morgan fingerprint density at radius 1 is 1.35 bits per heavy atom. The molecular formula is C10H8BrClN4O. The van der Waals surface area contributed by atoms with E-state index in [9.17, 15) is 0 Å². The topological polar surface area (TPSA) is 73.1 Å². The minimum Gasteiger partial charge on any atom is -0.436 e. The van der Waals surface area contributed by atoms with Crippen molar-refractivity contribution < 1.29 is 4.74 Å². The minimum atomic E-state index is 0.337. The summed E-state index contributed by atoms with van der Waals surface area (Å²) in [4.78, 5) is 8.00. The number of hydrogen-bond acceptors (Lipinski definition) is 5. The maximum Gasteiger partial charge on any atom is 0.239 e. The van der Waals surface area contributed by atoms with Crippen molar-refractivity contribution >= 4 is 33.3 Å². The average Bonchev–Trinajstić information content (AvgIpc) is 2.33. The number of nitrogen functional groups attached to an aromatic ring is 1. The van der Waals surface area contributed by atoms with E-state index in [2.05, 4.69) is 31.3 Å². The molecule has 0 fully saturated rings. The molecule has 0 aliphatic rings. The van der Waals surface area contributed by atoms with Gasteiger partial charge in [-0.1, -0.05) is 11.6 Å². The van der Waals surface area contributed by atoms with E-state index in [4.69, 9.17) is 22.2 Å². The molecule has 1 aromatic heterocycles. The Labute approximate surface area is 111 Å². The van der Waals surface area contributed by atoms with Gasteiger partial charge >= 0.3 is 0 Å². The van der Waals surface area contributed by atoms with Crippen LogP contribution >= 0.6 is 27.5 Å². The highest BCUT2D eigenvalue weighted by atomic mass is 79.9. The first kappa shape index (κ1) is 12.1. The number of halogens is 2. The fraction of sp³-hybridized carbons (Fsp3) is 0. The molecule has 7 heteroatoms. The van der Waals surface area contributed by atoms with Crippen LogP contribution in [0.3, 0.4) is 0 Å². The molecule has 88 valence electrons. The van der Waals surface area contributed by atoms with E-state index in [1.165, 1.54) is 12.4 Å². The van der Waals surface area contributed by atoms with Gasteiger partial charge in [-0.25, -0.2) is 5.84 Å². The van der Waals surface area contributed by atoms with Gasteiger partial charge in [-0.3, -0.25) is 4.98 Å². The summed E-state index contributed by atoms with van der Waals surface area (Å²) < 4.78 is 6.27. The molecule has 0 amide bonds. The molecule has 1 aromatic carbocycles. The SMILES string of the molecule is NNc1cncc(Oc2ccc(Cl)cc2Br)n1. The molecule has 2 rings (SSSR count). The number of hydrazine groups is 1. The second-order valence-electron chi connectivity index (χ2n) is 3.06. The van der Waals surface area contributed by atoms with Crippen LogP contribution in [0.25, 0.3) is 0 Å². The standard InChI is InChI=1S/C10H8BrClN4O/c11-7-3-6(12)1-2-8(7)17-10-5-14-4-9(15-10)16-13/h1-5H,13H2,(H,15,16). The van der Waals surface area contributed by atoms with Gasteiger partial charge in [0.25, 0.3) is 0 Å². The van der Waals surface area contributed by atoms with Crippen LogP contribution in [-0.4, -0.2) is 9.97 Å². The first-order valence-corrected chi connectivity index (χ1v) is 5.77. The fourth-order valence-corrected chi connectivity index (χ4v) is 1.90. The first-order valence-electron chi connectivity index (χ1n) is 4.60. The van der Waals surface area contributed by atoms with Crippen molar-refractivity contribution in [3.05, 3.63) is 40.1 Å². The molecule has 5 nitrogen and oxygen atoms in total. The van der Waals surface area contributed by atoms with Gasteiger partial charge in [0.1, 0.15) is 5.75 Å². The minimum absolute atomic E-state index is 0.337. The molecule has 0 radical (unpaired) electrons. The van der Waals surface area contributed by atoms with Gasteiger partial charge in [0.05, 0.1) is 16.9 Å². The summed E-state index contributed by atoms with van der Waals surface area (Å²) in [6.07, 6.45) is 2.98. The van der Waals surface area contributed by atoms with Crippen LogP contribution in [0.15, 0.2) is 35.1 Å². The van der Waals surface area contributed by atoms with E-state index < -0.39 is 0 Å². The van der Waals surface area contributed by atoms with E-state index in [0.29, 0.717) is 22.5 Å². The number of hydrogen-bond donors (Lipinski definition) is 2. The van der Waals surface area contributed by atoms with Crippen LogP contribution in [0.4, 0.5) is 5.82 Å². The van der Waals surface area contributed by atoms with Gasteiger partial charge < -0.3 is 10.2 Å². The maximum absolute atomic E-state index is 5.83. The summed E-state index contributed by atoms with van der Waals surface area (Å²) in [6, 6.07) is 5.19. The normalized spacial score (nSPS) is 10.1. The van der Waals surface area contributed by atoms with Gasteiger partial charge in [-0.05, 0) is 34.1 Å². The molecule has 1 heterocycles. The largest absolute Gasteiger partial charge is 0.436 e. The predicted molar refractivity (Wildman–Crippen MR) is 69.1 cm³/mol. The fourth-order valence-electron chi connectivity index (χ4n) is 1.14. The van der Waals surface area contributed by atoms with Gasteiger partial charge in [0.15, 0.2) is 5.82 Å². The zero-order valence-electron chi connectivity index (χ0n) is 8.52. The molecule has 0 unspecified atom stereocenters. The zero-order valence-corrected chi connectivity index (χ0v) is 10.9. The lowest BCUT2D eigenvalue weighted by Gasteiger charge is -2.07. The third-order valence-electron chi connectivity index (χ3n) is 1.87. The lowest BCUT2D eigenvalue weighted by atomic mass is 10.3. The molecule has 0 bridgehead atoms. The van der Waals surface area contributed by atoms with E-state index >= 15 is 0 Å². The average molecular weight is 316 g/mol. The van der Waals surface area contributed by atoms with Crippen molar-refractivity contribution in [3.8, 4) is 11.6 Å². The van der Waals surface area contributed by atoms with Crippen molar-refractivity contribution in [1.29, 1.82) is 0 Å². The number of rotatable bonds is 3. The summed E-state index contributed by atoms with van der Waals surface area (Å²) >= 11 is 9.17. The molecule has 0 spiro atoms. The van der Waals surface area contributed by atoms with E-state index in [1.807, 2.05) is 0 Å². The summed E-state index contributed by atoms with van der Waals surface area (Å²) in [7, 11) is 0. The van der Waals surface area contributed by atoms with Crippen LogP contribution in [0.1, 0.15) is 0 Å². The molecule has 3 N–H and O–H groups in total. The Bertz CT molecular complexity index is 537. The molecule has 2 aromatic rings. The smallest absolute Gasteiger partial charge is 0.239 e. The van der Waals surface area contributed by atoms with Crippen LogP contribution in [-0.2, 0) is 0 Å². The summed E-state index contributed by atoms with van der Waals surface area (Å²) in [5, 5.41) is 0.618. The molecular weight excluding hydrogens is 307 g/mol. The van der Waals surface area contributed by atoms with Crippen LogP contribution in [0.2, 0.25) is 5.02 Å². The number of aromatic nitrogens is 2. The number of anilines is 1. The number of benzene rings is 1. The molecule has 0 saturated carbocycles. The lowest BCUT2D eigenvalue weighted by molar-refractivity contribution is 0.458. The first-order chi connectivity index (χ1) is 8.19. The Morgan fingerprint density at radius 3 is 2.88 bits per heavy atom. The molecule has 0 aliphatic heterocycles. The Balaban J connectivity index is 2.25. The highest BCUT2D eigenvalue weighted by molar-refractivity contribution is 9.10. The highest BCUT2D eigenvalue weighted by Crippen LogP contribution is 2.31. The van der Waals surface area contributed by atoms with Crippen molar-refractivity contribution in [3.63, 3.8) is 0 Å². The monoisotopic (exact) mass is 314 g/mol. The van der Waals surface area contributed by atoms with Crippen LogP contribution in [0.5, 0.6) is 11.6 Å². The zero-order chi connectivity index (χ0) is 12.3. The highest BCUT2D eigenvalue weighted by Gasteiger charge is 2.05. The third-order valence-corrected chi connectivity index (χ3v) is 2.72. The second-order valence-corrected chi connectivity index (χ2v) is 4.35. The molecule has 17 heavy (non-hydrogen) atoms. The van der Waals surface area contributed by atoms with Gasteiger partial charge in [-0.15, -0.1) is 0 Å². The van der Waals surface area contributed by atoms with E-state index in [0.717, 1.165) is 4.47 Å². The molecule has 0 atom stereocenters. The number of nitrogens with one attached hydrogen (secondary N) is 1. The Morgan fingerprint density at radius 2 is 2.18 bits per heavy atom. The molecule has 0 aliphatic carbocycles. The predicted octanol–water partition coefficient (Wildman–Crippen LogP) is 2.97. The van der Waals surface area contributed by atoms with Gasteiger partial charge in [0, 0.05) is 5.02 Å². The van der Waals surface area contributed by atoms with Crippen LogP contribution < -0.4 is 16.0 Å². The number of ether oxygens (including phenoxy) is 1. The summed E-state index contributed by atoms with van der Waals surface area (Å²) in [5.41, 5.74) is 2.39. The summed E-state index contributed by atoms with van der Waals surface area (Å²) in [5.74, 6) is 6.58. The third kappa shape index (κ3) is 3.06. The van der Waals surface area contributed by atoms with Gasteiger partial charge in [0.2, 0.25) is 5.88 Å². The van der Waals surface area contributed by atoms with Crippen LogP contribution in [0, 0.1) is 0 Å². The van der Waals surface area contributed by atoms with E-state index in [-0.39, 0.29) is 0 Å².